The van der Waals surface area contributed by atoms with Gasteiger partial charge in [0.2, 0.25) is 11.8 Å². The Balaban J connectivity index is 1.91. The second-order valence-corrected chi connectivity index (χ2v) is 7.17. The van der Waals surface area contributed by atoms with Crippen molar-refractivity contribution in [3.8, 4) is 11.5 Å². The van der Waals surface area contributed by atoms with Crippen LogP contribution in [0.3, 0.4) is 0 Å². The Morgan fingerprint density at radius 2 is 2.04 bits per heavy atom. The number of benzene rings is 2. The molecule has 2 N–H and O–H groups in total. The summed E-state index contributed by atoms with van der Waals surface area (Å²) in [5.74, 6) is 1.89. The lowest BCUT2D eigenvalue weighted by Crippen LogP contribution is -2.23. The summed E-state index contributed by atoms with van der Waals surface area (Å²) in [6.45, 7) is 1.84. The molecule has 0 fully saturated rings. The van der Waals surface area contributed by atoms with Crippen LogP contribution in [0.5, 0.6) is 11.5 Å². The van der Waals surface area contributed by atoms with E-state index in [0.29, 0.717) is 17.9 Å². The third-order valence-electron chi connectivity index (χ3n) is 4.18. The van der Waals surface area contributed by atoms with Gasteiger partial charge in [-0.2, -0.15) is 0 Å². The lowest BCUT2D eigenvalue weighted by Gasteiger charge is -2.18. The quantitative estimate of drug-likeness (QED) is 0.893. The number of carbonyl (C=O) groups is 2. The summed E-state index contributed by atoms with van der Waals surface area (Å²) >= 11 is 1.85. The Morgan fingerprint density at radius 1 is 1.24 bits per heavy atom. The van der Waals surface area contributed by atoms with Crippen molar-refractivity contribution in [1.82, 2.24) is 4.90 Å². The molecule has 1 heterocycles. The van der Waals surface area contributed by atoms with Crippen molar-refractivity contribution in [2.24, 2.45) is 5.73 Å². The fourth-order valence-electron chi connectivity index (χ4n) is 2.68. The first-order valence-corrected chi connectivity index (χ1v) is 9.00. The Kier molecular flexibility index (Phi) is 4.99. The summed E-state index contributed by atoms with van der Waals surface area (Å²) in [7, 11) is 1.70. The monoisotopic (exact) mass is 356 g/mol. The predicted molar refractivity (Wildman–Crippen MR) is 98.1 cm³/mol. The van der Waals surface area contributed by atoms with Crippen molar-refractivity contribution in [3.05, 3.63) is 53.1 Å². The Bertz CT molecular complexity index is 835. The number of thioether (sulfide) groups is 1. The molecule has 0 spiro atoms. The summed E-state index contributed by atoms with van der Waals surface area (Å²) in [4.78, 5) is 25.9. The number of hydrogen-bond donors (Lipinski definition) is 1. The molecule has 3 rings (SSSR count). The molecule has 6 heteroatoms. The summed E-state index contributed by atoms with van der Waals surface area (Å²) in [5.41, 5.74) is 7.80. The summed E-state index contributed by atoms with van der Waals surface area (Å²) in [5, 5.41) is 0. The van der Waals surface area contributed by atoms with Gasteiger partial charge in [0.15, 0.2) is 0 Å². The van der Waals surface area contributed by atoms with E-state index in [0.717, 1.165) is 23.5 Å². The minimum atomic E-state index is -0.507. The van der Waals surface area contributed by atoms with Gasteiger partial charge in [-0.25, -0.2) is 0 Å². The van der Waals surface area contributed by atoms with Crippen LogP contribution in [0.1, 0.15) is 28.4 Å². The first kappa shape index (κ1) is 17.4. The number of aryl methyl sites for hydroxylation is 1. The highest BCUT2D eigenvalue weighted by atomic mass is 32.2. The third kappa shape index (κ3) is 3.96. The maximum absolute atomic E-state index is 11.6. The van der Waals surface area contributed by atoms with Gasteiger partial charge in [0.1, 0.15) is 11.5 Å². The SMILES string of the molecule is CC(=O)N(C)Cc1cc(C(N)=O)ccc1Oc1ccc2c(c1)CCS2. The van der Waals surface area contributed by atoms with Gasteiger partial charge in [-0.1, -0.05) is 0 Å². The Morgan fingerprint density at radius 3 is 2.76 bits per heavy atom. The summed E-state index contributed by atoms with van der Waals surface area (Å²) in [6, 6.07) is 11.1. The second-order valence-electron chi connectivity index (χ2n) is 6.03. The molecule has 25 heavy (non-hydrogen) atoms. The van der Waals surface area contributed by atoms with Crippen LogP contribution in [0.15, 0.2) is 41.3 Å². The predicted octanol–water partition coefficient (Wildman–Crippen LogP) is 3.20. The molecule has 2 amide bonds. The number of carbonyl (C=O) groups excluding carboxylic acids is 2. The van der Waals surface area contributed by atoms with Gasteiger partial charge < -0.3 is 15.4 Å². The number of nitrogens with zero attached hydrogens (tertiary/aromatic N) is 1. The number of ether oxygens (including phenoxy) is 1. The Hall–Kier alpha value is -2.47. The Labute approximate surface area is 151 Å². The molecule has 0 aromatic heterocycles. The van der Waals surface area contributed by atoms with E-state index in [1.165, 1.54) is 17.4 Å². The molecule has 0 bridgehead atoms. The number of rotatable bonds is 5. The van der Waals surface area contributed by atoms with Gasteiger partial charge in [-0.05, 0) is 48.4 Å². The van der Waals surface area contributed by atoms with Crippen molar-refractivity contribution in [3.63, 3.8) is 0 Å². The van der Waals surface area contributed by atoms with Gasteiger partial charge in [0, 0.05) is 42.3 Å². The van der Waals surface area contributed by atoms with Crippen LogP contribution in [-0.2, 0) is 17.8 Å². The van der Waals surface area contributed by atoms with Crippen LogP contribution in [0.2, 0.25) is 0 Å². The van der Waals surface area contributed by atoms with E-state index >= 15 is 0 Å². The fourth-order valence-corrected chi connectivity index (χ4v) is 3.73. The van der Waals surface area contributed by atoms with Crippen LogP contribution in [0.25, 0.3) is 0 Å². The van der Waals surface area contributed by atoms with E-state index in [4.69, 9.17) is 10.5 Å². The zero-order valence-corrected chi connectivity index (χ0v) is 15.1. The molecule has 0 unspecified atom stereocenters. The van der Waals surface area contributed by atoms with E-state index in [1.54, 1.807) is 30.1 Å². The highest BCUT2D eigenvalue weighted by Gasteiger charge is 2.15. The van der Waals surface area contributed by atoms with E-state index in [1.807, 2.05) is 17.8 Å². The van der Waals surface area contributed by atoms with Gasteiger partial charge >= 0.3 is 0 Å². The van der Waals surface area contributed by atoms with Crippen molar-refractivity contribution in [2.45, 2.75) is 24.8 Å². The van der Waals surface area contributed by atoms with Gasteiger partial charge in [0.05, 0.1) is 0 Å². The second kappa shape index (κ2) is 7.19. The van der Waals surface area contributed by atoms with Crippen LogP contribution < -0.4 is 10.5 Å². The van der Waals surface area contributed by atoms with E-state index < -0.39 is 5.91 Å². The zero-order chi connectivity index (χ0) is 18.0. The molecule has 5 nitrogen and oxygen atoms in total. The molecule has 0 radical (unpaired) electrons. The van der Waals surface area contributed by atoms with Crippen molar-refractivity contribution >= 4 is 23.6 Å². The molecule has 130 valence electrons. The fraction of sp³-hybridized carbons (Fsp3) is 0.263. The highest BCUT2D eigenvalue weighted by Crippen LogP contribution is 2.35. The van der Waals surface area contributed by atoms with Crippen molar-refractivity contribution in [1.29, 1.82) is 0 Å². The number of fused-ring (bicyclic) bond motifs is 1. The van der Waals surface area contributed by atoms with Crippen LogP contribution in [-0.4, -0.2) is 29.5 Å². The number of primary amides is 1. The molecule has 0 atom stereocenters. The normalized spacial score (nSPS) is 12.6. The molecule has 1 aliphatic rings. The standard InChI is InChI=1S/C19H20N2O3S/c1-12(22)21(2)11-15-9-14(19(20)23)3-5-17(15)24-16-4-6-18-13(10-16)7-8-25-18/h3-6,9-10H,7-8,11H2,1-2H3,(H2,20,23). The molecule has 1 aliphatic heterocycles. The molecule has 2 aromatic rings. The molecular formula is C19H20N2O3S. The topological polar surface area (TPSA) is 72.6 Å². The molecule has 2 aromatic carbocycles. The first-order chi connectivity index (χ1) is 11.9. The zero-order valence-electron chi connectivity index (χ0n) is 14.2. The first-order valence-electron chi connectivity index (χ1n) is 8.02. The number of nitrogens with two attached hydrogens (primary N) is 1. The van der Waals surface area contributed by atoms with E-state index in [9.17, 15) is 9.59 Å². The van der Waals surface area contributed by atoms with Crippen LogP contribution in [0, 0.1) is 0 Å². The average Bonchev–Trinajstić information content (AvgIpc) is 3.03. The molecule has 0 saturated heterocycles. The smallest absolute Gasteiger partial charge is 0.248 e. The third-order valence-corrected chi connectivity index (χ3v) is 5.30. The van der Waals surface area contributed by atoms with Gasteiger partial charge in [0.25, 0.3) is 0 Å². The van der Waals surface area contributed by atoms with Crippen LogP contribution in [0.4, 0.5) is 0 Å². The lowest BCUT2D eigenvalue weighted by atomic mass is 10.1. The summed E-state index contributed by atoms with van der Waals surface area (Å²) in [6.07, 6.45) is 1.04. The maximum Gasteiger partial charge on any atom is 0.248 e. The highest BCUT2D eigenvalue weighted by molar-refractivity contribution is 7.99. The molecular weight excluding hydrogens is 336 g/mol. The minimum absolute atomic E-state index is 0.0648. The van der Waals surface area contributed by atoms with E-state index in [2.05, 4.69) is 12.1 Å². The van der Waals surface area contributed by atoms with Crippen molar-refractivity contribution in [2.75, 3.05) is 12.8 Å². The van der Waals surface area contributed by atoms with Crippen molar-refractivity contribution < 1.29 is 14.3 Å². The van der Waals surface area contributed by atoms with Gasteiger partial charge in [-0.15, -0.1) is 11.8 Å². The average molecular weight is 356 g/mol. The maximum atomic E-state index is 11.6. The molecule has 0 aliphatic carbocycles. The lowest BCUT2D eigenvalue weighted by molar-refractivity contribution is -0.128. The number of hydrogen-bond acceptors (Lipinski definition) is 4. The molecule has 0 saturated carbocycles. The summed E-state index contributed by atoms with van der Waals surface area (Å²) < 4.78 is 6.05. The largest absolute Gasteiger partial charge is 0.457 e. The minimum Gasteiger partial charge on any atom is -0.457 e. The van der Waals surface area contributed by atoms with Gasteiger partial charge in [-0.3, -0.25) is 9.59 Å². The van der Waals surface area contributed by atoms with Crippen LogP contribution >= 0.6 is 11.8 Å². The number of amides is 2. The van der Waals surface area contributed by atoms with E-state index in [-0.39, 0.29) is 5.91 Å².